The number of alkyl halides is 3. The fourth-order valence-electron chi connectivity index (χ4n) is 2.68. The molecule has 0 fully saturated rings. The highest BCUT2D eigenvalue weighted by Crippen LogP contribution is 2.33. The average Bonchev–Trinajstić information content (AvgIpc) is 3.02. The summed E-state index contributed by atoms with van der Waals surface area (Å²) in [6.07, 6.45) is -4.19. The Kier molecular flexibility index (Phi) is 6.08. The van der Waals surface area contributed by atoms with Crippen molar-refractivity contribution in [3.05, 3.63) is 24.3 Å². The Balaban J connectivity index is 1.66. The maximum absolute atomic E-state index is 12.8. The number of hydrogen-bond donors (Lipinski definition) is 2. The summed E-state index contributed by atoms with van der Waals surface area (Å²) in [5.74, 6) is -0.394. The first kappa shape index (κ1) is 20.4. The summed E-state index contributed by atoms with van der Waals surface area (Å²) >= 11 is 2.03. The van der Waals surface area contributed by atoms with Gasteiger partial charge in [0.25, 0.3) is 0 Å². The number of para-hydroxylation sites is 2. The zero-order valence-electron chi connectivity index (χ0n) is 14.6. The summed E-state index contributed by atoms with van der Waals surface area (Å²) in [5, 5.41) is 12.4. The molecule has 0 saturated carbocycles. The van der Waals surface area contributed by atoms with Crippen molar-refractivity contribution in [1.82, 2.24) is 10.2 Å². The van der Waals surface area contributed by atoms with E-state index in [-0.39, 0.29) is 35.2 Å². The molecule has 150 valence electrons. The first-order valence-electron chi connectivity index (χ1n) is 8.21. The van der Waals surface area contributed by atoms with E-state index in [0.29, 0.717) is 15.7 Å². The molecule has 1 aromatic heterocycles. The molecule has 0 saturated heterocycles. The van der Waals surface area contributed by atoms with Crippen LogP contribution >= 0.6 is 23.1 Å². The second-order valence-corrected chi connectivity index (χ2v) is 8.21. The summed E-state index contributed by atoms with van der Waals surface area (Å²) in [7, 11) is 0. The van der Waals surface area contributed by atoms with E-state index in [1.54, 1.807) is 36.1 Å². The summed E-state index contributed by atoms with van der Waals surface area (Å²) in [6, 6.07) is 6.69. The number of anilines is 3. The van der Waals surface area contributed by atoms with E-state index < -0.39 is 12.7 Å². The van der Waals surface area contributed by atoms with Crippen LogP contribution < -0.4 is 15.5 Å². The van der Waals surface area contributed by atoms with Gasteiger partial charge >= 0.3 is 6.18 Å². The van der Waals surface area contributed by atoms with Gasteiger partial charge in [-0.2, -0.15) is 13.2 Å². The number of carbonyl (C=O) groups excluding carboxylic acids is 2. The molecule has 7 nitrogen and oxygen atoms in total. The fraction of sp³-hybridized carbons (Fsp3) is 0.375. The molecule has 0 aliphatic carbocycles. The SMILES string of the molecule is CC1CC(=O)Nc2ccccc2N1C(=O)CSc1nnc(NCC(F)(F)F)s1. The van der Waals surface area contributed by atoms with Crippen molar-refractivity contribution >= 4 is 51.4 Å². The maximum Gasteiger partial charge on any atom is 0.405 e. The van der Waals surface area contributed by atoms with Gasteiger partial charge in [0.15, 0.2) is 4.34 Å². The van der Waals surface area contributed by atoms with Gasteiger partial charge in [-0.1, -0.05) is 35.2 Å². The van der Waals surface area contributed by atoms with Crippen LogP contribution in [-0.2, 0) is 9.59 Å². The predicted molar refractivity (Wildman–Crippen MR) is 102 cm³/mol. The van der Waals surface area contributed by atoms with Crippen molar-refractivity contribution in [2.45, 2.75) is 29.9 Å². The van der Waals surface area contributed by atoms with E-state index in [9.17, 15) is 22.8 Å². The Morgan fingerprint density at radius 3 is 2.89 bits per heavy atom. The molecule has 1 aromatic carbocycles. The van der Waals surface area contributed by atoms with Crippen LogP contribution in [0.4, 0.5) is 29.7 Å². The number of fused-ring (bicyclic) bond motifs is 1. The first-order valence-corrected chi connectivity index (χ1v) is 10.0. The number of rotatable bonds is 5. The molecule has 0 bridgehead atoms. The number of halogens is 3. The van der Waals surface area contributed by atoms with Crippen molar-refractivity contribution in [3.63, 3.8) is 0 Å². The molecule has 28 heavy (non-hydrogen) atoms. The lowest BCUT2D eigenvalue weighted by atomic mass is 10.2. The zero-order valence-corrected chi connectivity index (χ0v) is 16.2. The summed E-state index contributed by atoms with van der Waals surface area (Å²) < 4.78 is 37.1. The highest BCUT2D eigenvalue weighted by Gasteiger charge is 2.30. The number of thioether (sulfide) groups is 1. The largest absolute Gasteiger partial charge is 0.405 e. The lowest BCUT2D eigenvalue weighted by molar-refractivity contribution is -0.118. The van der Waals surface area contributed by atoms with Crippen molar-refractivity contribution in [2.24, 2.45) is 0 Å². The van der Waals surface area contributed by atoms with Gasteiger partial charge in [0.2, 0.25) is 16.9 Å². The molecule has 1 unspecified atom stereocenters. The van der Waals surface area contributed by atoms with Gasteiger partial charge in [0.05, 0.1) is 17.1 Å². The number of nitrogens with zero attached hydrogens (tertiary/aromatic N) is 3. The molecule has 3 rings (SSSR count). The van der Waals surface area contributed by atoms with E-state index in [2.05, 4.69) is 20.8 Å². The van der Waals surface area contributed by atoms with Gasteiger partial charge in [-0.25, -0.2) is 0 Å². The Morgan fingerprint density at radius 2 is 2.14 bits per heavy atom. The lowest BCUT2D eigenvalue weighted by Gasteiger charge is -2.27. The monoisotopic (exact) mass is 431 g/mol. The molecule has 1 atom stereocenters. The van der Waals surface area contributed by atoms with Crippen LogP contribution in [0.15, 0.2) is 28.6 Å². The van der Waals surface area contributed by atoms with E-state index in [1.807, 2.05) is 0 Å². The molecular formula is C16H16F3N5O2S2. The number of hydrogen-bond acceptors (Lipinski definition) is 7. The molecule has 2 amide bonds. The van der Waals surface area contributed by atoms with E-state index in [0.717, 1.165) is 23.1 Å². The van der Waals surface area contributed by atoms with Crippen molar-refractivity contribution in [1.29, 1.82) is 0 Å². The number of nitrogens with one attached hydrogen (secondary N) is 2. The van der Waals surface area contributed by atoms with Gasteiger partial charge in [-0.3, -0.25) is 9.59 Å². The summed E-state index contributed by atoms with van der Waals surface area (Å²) in [5.41, 5.74) is 1.17. The predicted octanol–water partition coefficient (Wildman–Crippen LogP) is 3.37. The van der Waals surface area contributed by atoms with Gasteiger partial charge in [0.1, 0.15) is 6.54 Å². The highest BCUT2D eigenvalue weighted by molar-refractivity contribution is 8.01. The molecular weight excluding hydrogens is 415 g/mol. The lowest BCUT2D eigenvalue weighted by Crippen LogP contribution is -2.40. The highest BCUT2D eigenvalue weighted by atomic mass is 32.2. The van der Waals surface area contributed by atoms with Crippen LogP contribution in [-0.4, -0.2) is 46.5 Å². The average molecular weight is 431 g/mol. The standard InChI is InChI=1S/C16H16F3N5O2S2/c1-9-6-12(25)21-10-4-2-3-5-11(10)24(9)13(26)7-27-15-23-22-14(28-15)20-8-16(17,18)19/h2-5,9H,6-8H2,1H3,(H,20,22)(H,21,25). The third-order valence-corrected chi connectivity index (χ3v) is 5.79. The van der Waals surface area contributed by atoms with Gasteiger partial charge in [-0.05, 0) is 19.1 Å². The third kappa shape index (κ3) is 5.13. The third-order valence-electron chi connectivity index (χ3n) is 3.79. The van der Waals surface area contributed by atoms with Crippen molar-refractivity contribution < 1.29 is 22.8 Å². The molecule has 0 spiro atoms. The number of benzene rings is 1. The molecule has 0 radical (unpaired) electrons. The Hall–Kier alpha value is -2.34. The molecule has 1 aliphatic heterocycles. The van der Waals surface area contributed by atoms with Crippen LogP contribution in [0.3, 0.4) is 0 Å². The number of amides is 2. The second kappa shape index (κ2) is 8.35. The van der Waals surface area contributed by atoms with Crippen LogP contribution in [0.5, 0.6) is 0 Å². The topological polar surface area (TPSA) is 87.2 Å². The van der Waals surface area contributed by atoms with Gasteiger partial charge in [-0.15, -0.1) is 10.2 Å². The van der Waals surface area contributed by atoms with Crippen molar-refractivity contribution in [3.8, 4) is 0 Å². The van der Waals surface area contributed by atoms with Gasteiger partial charge in [0, 0.05) is 12.5 Å². The Morgan fingerprint density at radius 1 is 1.39 bits per heavy atom. The zero-order chi connectivity index (χ0) is 20.3. The molecule has 1 aliphatic rings. The fourth-order valence-corrected chi connectivity index (χ4v) is 4.28. The summed E-state index contributed by atoms with van der Waals surface area (Å²) in [6.45, 7) is 0.586. The molecule has 12 heteroatoms. The van der Waals surface area contributed by atoms with Crippen molar-refractivity contribution in [2.75, 3.05) is 27.8 Å². The Bertz CT molecular complexity index is 874. The van der Waals surface area contributed by atoms with E-state index in [1.165, 1.54) is 0 Å². The quantitative estimate of drug-likeness (QED) is 0.706. The summed E-state index contributed by atoms with van der Waals surface area (Å²) in [4.78, 5) is 26.4. The minimum atomic E-state index is -4.35. The minimum absolute atomic E-state index is 0.0147. The smallest absolute Gasteiger partial charge is 0.351 e. The van der Waals surface area contributed by atoms with Crippen LogP contribution in [0.1, 0.15) is 13.3 Å². The normalized spacial score (nSPS) is 16.9. The molecule has 2 aromatic rings. The van der Waals surface area contributed by atoms with Crippen LogP contribution in [0, 0.1) is 0 Å². The Labute approximate surface area is 166 Å². The number of carbonyl (C=O) groups is 2. The minimum Gasteiger partial charge on any atom is -0.351 e. The van der Waals surface area contributed by atoms with E-state index in [4.69, 9.17) is 0 Å². The van der Waals surface area contributed by atoms with Gasteiger partial charge < -0.3 is 15.5 Å². The van der Waals surface area contributed by atoms with E-state index >= 15 is 0 Å². The van der Waals surface area contributed by atoms with Crippen LogP contribution in [0.25, 0.3) is 0 Å². The number of aromatic nitrogens is 2. The second-order valence-electron chi connectivity index (χ2n) is 6.01. The first-order chi connectivity index (χ1) is 13.2. The molecule has 2 N–H and O–H groups in total. The van der Waals surface area contributed by atoms with Crippen LogP contribution in [0.2, 0.25) is 0 Å². The molecule has 2 heterocycles. The maximum atomic E-state index is 12.8.